The molecule has 1 heterocycles. The van der Waals surface area contributed by atoms with E-state index in [1.54, 1.807) is 31.3 Å². The molecule has 32 heavy (non-hydrogen) atoms. The number of hydrogen-bond donors (Lipinski definition) is 2. The third kappa shape index (κ3) is 6.02. The van der Waals surface area contributed by atoms with Crippen LogP contribution in [-0.2, 0) is 21.2 Å². The van der Waals surface area contributed by atoms with Gasteiger partial charge in [0.05, 0.1) is 16.6 Å². The van der Waals surface area contributed by atoms with E-state index in [4.69, 9.17) is 0 Å². The molecule has 1 aromatic heterocycles. The van der Waals surface area contributed by atoms with E-state index in [2.05, 4.69) is 14.9 Å². The van der Waals surface area contributed by atoms with E-state index >= 15 is 0 Å². The van der Waals surface area contributed by atoms with Crippen LogP contribution in [0.5, 0.6) is 0 Å². The van der Waals surface area contributed by atoms with Crippen molar-refractivity contribution in [3.8, 4) is 11.3 Å². The lowest BCUT2D eigenvalue weighted by Crippen LogP contribution is -2.45. The average Bonchev–Trinajstić information content (AvgIpc) is 3.22. The Bertz CT molecular complexity index is 1160. The largest absolute Gasteiger partial charge is 0.344 e. The molecule has 3 aromatic rings. The Hall–Kier alpha value is -3.04. The molecule has 2 aromatic carbocycles. The number of aromatic nitrogens is 2. The highest BCUT2D eigenvalue weighted by Gasteiger charge is 2.24. The summed E-state index contributed by atoms with van der Waals surface area (Å²) in [5, 5.41) is 7.21. The van der Waals surface area contributed by atoms with E-state index in [0.717, 1.165) is 22.5 Å². The molecule has 1 atom stereocenters. The number of benzene rings is 2. The third-order valence-corrected chi connectivity index (χ3v) is 6.68. The Balaban J connectivity index is 1.50. The van der Waals surface area contributed by atoms with Crippen LogP contribution in [0, 0.1) is 12.7 Å². The third-order valence-electron chi connectivity index (χ3n) is 5.12. The van der Waals surface area contributed by atoms with Crippen LogP contribution in [0.3, 0.4) is 0 Å². The molecule has 0 unspecified atom stereocenters. The predicted molar refractivity (Wildman–Crippen MR) is 121 cm³/mol. The van der Waals surface area contributed by atoms with Crippen molar-refractivity contribution < 1.29 is 17.6 Å². The number of likely N-dealkylation sites (N-methyl/N-ethyl adjacent to an activating group) is 1. The lowest BCUT2D eigenvalue weighted by atomic mass is 10.1. The Labute approximate surface area is 187 Å². The molecule has 0 spiro atoms. The summed E-state index contributed by atoms with van der Waals surface area (Å²) < 4.78 is 40.5. The first-order valence-electron chi connectivity index (χ1n) is 10.3. The fourth-order valence-corrected chi connectivity index (χ4v) is 4.47. The first kappa shape index (κ1) is 23.6. The summed E-state index contributed by atoms with van der Waals surface area (Å²) in [4.78, 5) is 14.3. The van der Waals surface area contributed by atoms with Gasteiger partial charge in [0, 0.05) is 24.8 Å². The summed E-state index contributed by atoms with van der Waals surface area (Å²) in [5.74, 6) is -0.607. The Morgan fingerprint density at radius 1 is 1.16 bits per heavy atom. The van der Waals surface area contributed by atoms with Crippen molar-refractivity contribution in [2.45, 2.75) is 37.6 Å². The van der Waals surface area contributed by atoms with Crippen LogP contribution in [0.15, 0.2) is 59.5 Å². The molecule has 0 saturated carbocycles. The predicted octanol–water partition coefficient (Wildman–Crippen LogP) is 3.28. The molecule has 7 nitrogen and oxygen atoms in total. The number of amides is 1. The number of halogens is 1. The molecule has 3 rings (SSSR count). The van der Waals surface area contributed by atoms with Crippen LogP contribution in [0.2, 0.25) is 0 Å². The molecule has 9 heteroatoms. The SMILES string of the molecule is Cc1ccc(S(=O)(=O)N[C@H](C)C(=O)N(C)CCCc2cc(-c3ccc(F)cc3)n[nH]2)cc1. The highest BCUT2D eigenvalue weighted by molar-refractivity contribution is 7.89. The lowest BCUT2D eigenvalue weighted by molar-refractivity contribution is -0.131. The molecule has 0 aliphatic carbocycles. The quantitative estimate of drug-likeness (QED) is 0.514. The highest BCUT2D eigenvalue weighted by atomic mass is 32.2. The van der Waals surface area contributed by atoms with Gasteiger partial charge < -0.3 is 4.90 Å². The van der Waals surface area contributed by atoms with Crippen molar-refractivity contribution in [3.05, 3.63) is 71.7 Å². The van der Waals surface area contributed by atoms with Gasteiger partial charge in [0.15, 0.2) is 0 Å². The zero-order valence-corrected chi connectivity index (χ0v) is 19.1. The number of rotatable bonds is 9. The molecule has 0 saturated heterocycles. The summed E-state index contributed by atoms with van der Waals surface area (Å²) in [6.45, 7) is 3.87. The highest BCUT2D eigenvalue weighted by Crippen LogP contribution is 2.18. The van der Waals surface area contributed by atoms with Crippen molar-refractivity contribution in [2.75, 3.05) is 13.6 Å². The molecule has 0 bridgehead atoms. The molecule has 0 radical (unpaired) electrons. The number of hydrogen-bond acceptors (Lipinski definition) is 4. The minimum atomic E-state index is -3.78. The van der Waals surface area contributed by atoms with Crippen LogP contribution in [0.4, 0.5) is 4.39 Å². The first-order valence-corrected chi connectivity index (χ1v) is 11.8. The van der Waals surface area contributed by atoms with E-state index in [9.17, 15) is 17.6 Å². The maximum Gasteiger partial charge on any atom is 0.241 e. The minimum Gasteiger partial charge on any atom is -0.344 e. The van der Waals surface area contributed by atoms with Crippen molar-refractivity contribution >= 4 is 15.9 Å². The van der Waals surface area contributed by atoms with E-state index < -0.39 is 16.1 Å². The molecule has 0 fully saturated rings. The second-order valence-electron chi connectivity index (χ2n) is 7.80. The smallest absolute Gasteiger partial charge is 0.241 e. The summed E-state index contributed by atoms with van der Waals surface area (Å²) in [6.07, 6.45) is 1.33. The van der Waals surface area contributed by atoms with Gasteiger partial charge in [-0.05, 0) is 69.2 Å². The maximum atomic E-state index is 13.1. The van der Waals surface area contributed by atoms with Crippen molar-refractivity contribution in [1.82, 2.24) is 19.8 Å². The van der Waals surface area contributed by atoms with Crippen molar-refractivity contribution in [1.29, 1.82) is 0 Å². The van der Waals surface area contributed by atoms with Gasteiger partial charge in [-0.15, -0.1) is 0 Å². The second-order valence-corrected chi connectivity index (χ2v) is 9.52. The number of carbonyl (C=O) groups is 1. The van der Waals surface area contributed by atoms with Crippen LogP contribution >= 0.6 is 0 Å². The fourth-order valence-electron chi connectivity index (χ4n) is 3.27. The van der Waals surface area contributed by atoms with E-state index in [0.29, 0.717) is 19.4 Å². The lowest BCUT2D eigenvalue weighted by Gasteiger charge is -2.22. The van der Waals surface area contributed by atoms with Gasteiger partial charge in [0.2, 0.25) is 15.9 Å². The summed E-state index contributed by atoms with van der Waals surface area (Å²) in [5.41, 5.74) is 3.40. The topological polar surface area (TPSA) is 95.2 Å². The molecular weight excluding hydrogens is 431 g/mol. The normalized spacial score (nSPS) is 12.5. The van der Waals surface area contributed by atoms with Crippen LogP contribution in [-0.4, -0.2) is 49.1 Å². The second kappa shape index (κ2) is 10.1. The van der Waals surface area contributed by atoms with Gasteiger partial charge in [-0.2, -0.15) is 9.82 Å². The Morgan fingerprint density at radius 2 is 1.81 bits per heavy atom. The summed E-state index contributed by atoms with van der Waals surface area (Å²) >= 11 is 0. The number of nitrogens with zero attached hydrogens (tertiary/aromatic N) is 2. The van der Waals surface area contributed by atoms with E-state index in [1.807, 2.05) is 13.0 Å². The number of aromatic amines is 1. The minimum absolute atomic E-state index is 0.126. The van der Waals surface area contributed by atoms with Gasteiger partial charge in [-0.1, -0.05) is 17.7 Å². The zero-order chi connectivity index (χ0) is 23.3. The first-order chi connectivity index (χ1) is 15.2. The van der Waals surface area contributed by atoms with Crippen LogP contribution < -0.4 is 4.72 Å². The standard InChI is InChI=1S/C23H27FN4O3S/c1-16-6-12-21(13-7-16)32(30,31)27-17(2)23(29)28(3)14-4-5-20-15-22(26-25-20)18-8-10-19(24)11-9-18/h6-13,15,17,27H,4-5,14H2,1-3H3,(H,25,26)/t17-/m1/s1. The van der Waals surface area contributed by atoms with Gasteiger partial charge in [0.1, 0.15) is 5.82 Å². The fraction of sp³-hybridized carbons (Fsp3) is 0.304. The number of nitrogens with one attached hydrogen (secondary N) is 2. The van der Waals surface area contributed by atoms with Gasteiger partial charge >= 0.3 is 0 Å². The number of sulfonamides is 1. The van der Waals surface area contributed by atoms with E-state index in [-0.39, 0.29) is 16.6 Å². The summed E-state index contributed by atoms with van der Waals surface area (Å²) in [6, 6.07) is 13.6. The van der Waals surface area contributed by atoms with Crippen molar-refractivity contribution in [2.24, 2.45) is 0 Å². The van der Waals surface area contributed by atoms with Crippen LogP contribution in [0.25, 0.3) is 11.3 Å². The number of H-pyrrole nitrogens is 1. The van der Waals surface area contributed by atoms with Crippen molar-refractivity contribution in [3.63, 3.8) is 0 Å². The molecule has 1 amide bonds. The molecule has 0 aliphatic heterocycles. The molecule has 0 aliphatic rings. The molecule has 2 N–H and O–H groups in total. The Kier molecular flexibility index (Phi) is 7.42. The van der Waals surface area contributed by atoms with E-state index in [1.165, 1.54) is 36.1 Å². The summed E-state index contributed by atoms with van der Waals surface area (Å²) in [7, 11) is -2.13. The van der Waals surface area contributed by atoms with Gasteiger partial charge in [0.25, 0.3) is 0 Å². The number of carbonyl (C=O) groups excluding carboxylic acids is 1. The van der Waals surface area contributed by atoms with Gasteiger partial charge in [-0.25, -0.2) is 12.8 Å². The monoisotopic (exact) mass is 458 g/mol. The molecular formula is C23H27FN4O3S. The zero-order valence-electron chi connectivity index (χ0n) is 18.3. The van der Waals surface area contributed by atoms with Gasteiger partial charge in [-0.3, -0.25) is 9.89 Å². The average molecular weight is 459 g/mol. The molecule has 170 valence electrons. The number of aryl methyl sites for hydroxylation is 2. The Morgan fingerprint density at radius 3 is 2.47 bits per heavy atom. The van der Waals surface area contributed by atoms with Crippen LogP contribution in [0.1, 0.15) is 24.6 Å². The maximum absolute atomic E-state index is 13.1.